The van der Waals surface area contributed by atoms with Crippen LogP contribution in [-0.4, -0.2) is 28.1 Å². The van der Waals surface area contributed by atoms with E-state index in [9.17, 15) is 9.90 Å². The van der Waals surface area contributed by atoms with E-state index in [1.165, 1.54) is 11.3 Å². The van der Waals surface area contributed by atoms with Gasteiger partial charge in [0.15, 0.2) is 0 Å². The molecule has 1 saturated carbocycles. The molecule has 0 saturated heterocycles. The third-order valence-corrected chi connectivity index (χ3v) is 4.34. The van der Waals surface area contributed by atoms with E-state index in [1.807, 2.05) is 6.07 Å². The van der Waals surface area contributed by atoms with Gasteiger partial charge in [-0.2, -0.15) is 0 Å². The van der Waals surface area contributed by atoms with Gasteiger partial charge in [0.25, 0.3) is 5.91 Å². The van der Waals surface area contributed by atoms with Gasteiger partial charge in [0, 0.05) is 23.8 Å². The summed E-state index contributed by atoms with van der Waals surface area (Å²) >= 11 is 1.35. The van der Waals surface area contributed by atoms with Crippen molar-refractivity contribution in [3.05, 3.63) is 23.3 Å². The van der Waals surface area contributed by atoms with Gasteiger partial charge < -0.3 is 16.2 Å². The SMILES string of the molecule is Nc1c(C(=O)NC2CC(O)C2)sc2cnccc12. The molecule has 6 heteroatoms. The van der Waals surface area contributed by atoms with Gasteiger partial charge in [-0.15, -0.1) is 11.3 Å². The lowest BCUT2D eigenvalue weighted by molar-refractivity contribution is 0.0565. The number of hydrogen-bond donors (Lipinski definition) is 3. The first-order chi connectivity index (χ1) is 8.65. The Labute approximate surface area is 108 Å². The number of thiophene rings is 1. The number of rotatable bonds is 2. The Bertz CT molecular complexity index is 604. The molecule has 2 aromatic rings. The van der Waals surface area contributed by atoms with Crippen molar-refractivity contribution in [3.8, 4) is 0 Å². The normalized spacial score (nSPS) is 22.7. The van der Waals surface area contributed by atoms with E-state index in [1.54, 1.807) is 12.4 Å². The van der Waals surface area contributed by atoms with Crippen LogP contribution in [0.15, 0.2) is 18.5 Å². The summed E-state index contributed by atoms with van der Waals surface area (Å²) in [4.78, 5) is 16.6. The molecule has 1 aliphatic rings. The highest BCUT2D eigenvalue weighted by atomic mass is 32.1. The molecule has 4 N–H and O–H groups in total. The van der Waals surface area contributed by atoms with Gasteiger partial charge in [0.05, 0.1) is 16.5 Å². The van der Waals surface area contributed by atoms with E-state index in [0.29, 0.717) is 23.4 Å². The van der Waals surface area contributed by atoms with Crippen LogP contribution in [0, 0.1) is 0 Å². The van der Waals surface area contributed by atoms with Crippen molar-refractivity contribution in [2.24, 2.45) is 0 Å². The minimum atomic E-state index is -0.278. The van der Waals surface area contributed by atoms with Gasteiger partial charge in [-0.05, 0) is 18.9 Å². The van der Waals surface area contributed by atoms with Gasteiger partial charge in [0.1, 0.15) is 4.88 Å². The molecule has 1 fully saturated rings. The first kappa shape index (κ1) is 11.4. The van der Waals surface area contributed by atoms with Crippen molar-refractivity contribution in [1.29, 1.82) is 0 Å². The monoisotopic (exact) mass is 263 g/mol. The Morgan fingerprint density at radius 1 is 1.56 bits per heavy atom. The number of hydrogen-bond acceptors (Lipinski definition) is 5. The molecule has 18 heavy (non-hydrogen) atoms. The number of nitrogens with zero attached hydrogens (tertiary/aromatic N) is 1. The summed E-state index contributed by atoms with van der Waals surface area (Å²) in [6.45, 7) is 0. The standard InChI is InChI=1S/C12H13N3O2S/c13-10-8-1-2-14-5-9(8)18-11(10)12(17)15-6-3-7(16)4-6/h1-2,5-7,16H,3-4,13H2,(H,15,17). The summed E-state index contributed by atoms with van der Waals surface area (Å²) in [7, 11) is 0. The molecule has 3 rings (SSSR count). The Balaban J connectivity index is 1.85. The third kappa shape index (κ3) is 1.83. The van der Waals surface area contributed by atoms with E-state index in [2.05, 4.69) is 10.3 Å². The first-order valence-corrected chi connectivity index (χ1v) is 6.57. The molecular weight excluding hydrogens is 250 g/mol. The molecule has 0 atom stereocenters. The van der Waals surface area contributed by atoms with Crippen LogP contribution in [0.1, 0.15) is 22.5 Å². The van der Waals surface area contributed by atoms with Crippen molar-refractivity contribution in [2.75, 3.05) is 5.73 Å². The number of anilines is 1. The van der Waals surface area contributed by atoms with Crippen LogP contribution in [0.25, 0.3) is 10.1 Å². The smallest absolute Gasteiger partial charge is 0.263 e. The van der Waals surface area contributed by atoms with Crippen molar-refractivity contribution >= 4 is 33.0 Å². The molecule has 0 spiro atoms. The lowest BCUT2D eigenvalue weighted by Gasteiger charge is -2.31. The Kier molecular flexibility index (Phi) is 2.68. The highest BCUT2D eigenvalue weighted by molar-refractivity contribution is 7.21. The number of nitrogens with one attached hydrogen (secondary N) is 1. The van der Waals surface area contributed by atoms with Crippen LogP contribution in [0.2, 0.25) is 0 Å². The summed E-state index contributed by atoms with van der Waals surface area (Å²) in [5.74, 6) is -0.161. The largest absolute Gasteiger partial charge is 0.397 e. The highest BCUT2D eigenvalue weighted by Crippen LogP contribution is 2.33. The van der Waals surface area contributed by atoms with Gasteiger partial charge in [0.2, 0.25) is 0 Å². The summed E-state index contributed by atoms with van der Waals surface area (Å²) < 4.78 is 0.911. The third-order valence-electron chi connectivity index (χ3n) is 3.19. The van der Waals surface area contributed by atoms with E-state index in [-0.39, 0.29) is 18.1 Å². The lowest BCUT2D eigenvalue weighted by atomic mass is 9.89. The minimum Gasteiger partial charge on any atom is -0.397 e. The second kappa shape index (κ2) is 4.22. The molecular formula is C12H13N3O2S. The number of fused-ring (bicyclic) bond motifs is 1. The predicted octanol–water partition coefficient (Wildman–Crippen LogP) is 1.13. The second-order valence-electron chi connectivity index (χ2n) is 4.51. The average Bonchev–Trinajstić information content (AvgIpc) is 2.66. The number of carbonyl (C=O) groups is 1. The fraction of sp³-hybridized carbons (Fsp3) is 0.333. The van der Waals surface area contributed by atoms with E-state index in [4.69, 9.17) is 5.73 Å². The minimum absolute atomic E-state index is 0.0650. The maximum atomic E-state index is 12.1. The van der Waals surface area contributed by atoms with Gasteiger partial charge in [-0.3, -0.25) is 9.78 Å². The molecule has 2 heterocycles. The van der Waals surface area contributed by atoms with E-state index >= 15 is 0 Å². The summed E-state index contributed by atoms with van der Waals surface area (Å²) in [6, 6.07) is 1.88. The highest BCUT2D eigenvalue weighted by Gasteiger charge is 2.29. The average molecular weight is 263 g/mol. The number of aliphatic hydroxyl groups is 1. The molecule has 94 valence electrons. The second-order valence-corrected chi connectivity index (χ2v) is 5.56. The number of carbonyl (C=O) groups excluding carboxylic acids is 1. The fourth-order valence-corrected chi connectivity index (χ4v) is 3.09. The molecule has 0 radical (unpaired) electrons. The van der Waals surface area contributed by atoms with Crippen LogP contribution in [0.3, 0.4) is 0 Å². The summed E-state index contributed by atoms with van der Waals surface area (Å²) in [5, 5.41) is 12.9. The molecule has 2 aromatic heterocycles. The maximum Gasteiger partial charge on any atom is 0.263 e. The molecule has 1 aliphatic carbocycles. The topological polar surface area (TPSA) is 88.2 Å². The van der Waals surface area contributed by atoms with Gasteiger partial charge >= 0.3 is 0 Å². The maximum absolute atomic E-state index is 12.1. The number of pyridine rings is 1. The van der Waals surface area contributed by atoms with Crippen molar-refractivity contribution in [1.82, 2.24) is 10.3 Å². The zero-order valence-corrected chi connectivity index (χ0v) is 10.4. The molecule has 0 aromatic carbocycles. The van der Waals surface area contributed by atoms with Crippen LogP contribution in [0.5, 0.6) is 0 Å². The molecule has 0 aliphatic heterocycles. The van der Waals surface area contributed by atoms with Crippen molar-refractivity contribution in [3.63, 3.8) is 0 Å². The Morgan fingerprint density at radius 2 is 2.33 bits per heavy atom. The molecule has 5 nitrogen and oxygen atoms in total. The number of aromatic nitrogens is 1. The Hall–Kier alpha value is -1.66. The van der Waals surface area contributed by atoms with Crippen LogP contribution >= 0.6 is 11.3 Å². The molecule has 0 unspecified atom stereocenters. The van der Waals surface area contributed by atoms with Crippen LogP contribution in [0.4, 0.5) is 5.69 Å². The van der Waals surface area contributed by atoms with Gasteiger partial charge in [-0.1, -0.05) is 0 Å². The lowest BCUT2D eigenvalue weighted by Crippen LogP contribution is -2.46. The number of nitrogen functional groups attached to an aromatic ring is 1. The Morgan fingerprint density at radius 3 is 3.00 bits per heavy atom. The van der Waals surface area contributed by atoms with Crippen molar-refractivity contribution < 1.29 is 9.90 Å². The number of aliphatic hydroxyl groups excluding tert-OH is 1. The molecule has 1 amide bonds. The zero-order valence-electron chi connectivity index (χ0n) is 9.59. The summed E-state index contributed by atoms with van der Waals surface area (Å²) in [5.41, 5.74) is 6.48. The van der Waals surface area contributed by atoms with E-state index in [0.717, 1.165) is 10.1 Å². The van der Waals surface area contributed by atoms with E-state index < -0.39 is 0 Å². The number of nitrogens with two attached hydrogens (primary N) is 1. The first-order valence-electron chi connectivity index (χ1n) is 5.76. The molecule has 0 bridgehead atoms. The van der Waals surface area contributed by atoms with Crippen molar-refractivity contribution in [2.45, 2.75) is 25.0 Å². The zero-order chi connectivity index (χ0) is 12.7. The summed E-state index contributed by atoms with van der Waals surface area (Å²) in [6.07, 6.45) is 4.34. The predicted molar refractivity (Wildman–Crippen MR) is 70.5 cm³/mol. The number of amides is 1. The fourth-order valence-electron chi connectivity index (χ4n) is 2.10. The van der Waals surface area contributed by atoms with Gasteiger partial charge in [-0.25, -0.2) is 0 Å². The van der Waals surface area contributed by atoms with Crippen LogP contribution < -0.4 is 11.1 Å². The quantitative estimate of drug-likeness (QED) is 0.758. The van der Waals surface area contributed by atoms with Crippen LogP contribution in [-0.2, 0) is 0 Å².